The minimum Gasteiger partial charge on any atom is -0.496 e. The first-order valence-corrected chi connectivity index (χ1v) is 9.57. The highest BCUT2D eigenvalue weighted by molar-refractivity contribution is 7.91. The van der Waals surface area contributed by atoms with E-state index >= 15 is 0 Å². The van der Waals surface area contributed by atoms with Crippen LogP contribution in [0, 0.1) is 5.92 Å². The number of hydrogen-bond acceptors (Lipinski definition) is 6. The van der Waals surface area contributed by atoms with Gasteiger partial charge in [-0.1, -0.05) is 6.42 Å². The second-order valence-electron chi connectivity index (χ2n) is 5.38. The summed E-state index contributed by atoms with van der Waals surface area (Å²) in [6.07, 6.45) is 4.66. The maximum atomic E-state index is 11.8. The molecule has 1 fully saturated rings. The van der Waals surface area contributed by atoms with Crippen LogP contribution < -0.4 is 16.0 Å². The molecule has 114 valence electrons. The third-order valence-electron chi connectivity index (χ3n) is 4.08. The molecule has 3 unspecified atom stereocenters. The van der Waals surface area contributed by atoms with Crippen LogP contribution in [0.4, 0.5) is 0 Å². The molecule has 1 aliphatic rings. The summed E-state index contributed by atoms with van der Waals surface area (Å²) in [5, 5.41) is 1.72. The van der Waals surface area contributed by atoms with Crippen molar-refractivity contribution < 1.29 is 13.2 Å². The Bertz CT molecular complexity index is 542. The molecule has 0 aliphatic heterocycles. The van der Waals surface area contributed by atoms with Gasteiger partial charge < -0.3 is 4.74 Å². The molecule has 0 radical (unpaired) electrons. The lowest BCUT2D eigenvalue weighted by molar-refractivity contribution is 0.272. The summed E-state index contributed by atoms with van der Waals surface area (Å²) >= 11 is 1.59. The molecule has 0 amide bonds. The van der Waals surface area contributed by atoms with Gasteiger partial charge in [0.2, 0.25) is 0 Å². The molecule has 1 saturated carbocycles. The van der Waals surface area contributed by atoms with E-state index in [-0.39, 0.29) is 17.2 Å². The van der Waals surface area contributed by atoms with E-state index in [0.717, 1.165) is 29.9 Å². The van der Waals surface area contributed by atoms with Crippen LogP contribution in [-0.2, 0) is 9.84 Å². The third-order valence-corrected chi connectivity index (χ3v) is 6.70. The standard InChI is InChI=1S/C13H22N2O3S2/c1-18-11-6-7-19-13(11)12(15-14)9-4-3-5-10(8-9)20(2,16)17/h6-7,9-10,12,15H,3-5,8,14H2,1-2H3. The van der Waals surface area contributed by atoms with Gasteiger partial charge in [-0.3, -0.25) is 11.3 Å². The lowest BCUT2D eigenvalue weighted by Crippen LogP contribution is -2.38. The molecule has 1 aliphatic carbocycles. The zero-order valence-electron chi connectivity index (χ0n) is 11.8. The summed E-state index contributed by atoms with van der Waals surface area (Å²) in [6.45, 7) is 0. The minimum absolute atomic E-state index is 0.0468. The number of nitrogens with one attached hydrogen (secondary N) is 1. The van der Waals surface area contributed by atoms with Gasteiger partial charge in [0.1, 0.15) is 15.6 Å². The van der Waals surface area contributed by atoms with Gasteiger partial charge in [-0.05, 0) is 36.6 Å². The van der Waals surface area contributed by atoms with Gasteiger partial charge in [-0.25, -0.2) is 8.42 Å². The quantitative estimate of drug-likeness (QED) is 0.640. The summed E-state index contributed by atoms with van der Waals surface area (Å²) in [5.74, 6) is 6.77. The van der Waals surface area contributed by atoms with E-state index in [2.05, 4.69) is 5.43 Å². The zero-order chi connectivity index (χ0) is 14.8. The normalized spacial score (nSPS) is 25.4. The van der Waals surface area contributed by atoms with E-state index in [9.17, 15) is 8.42 Å². The Labute approximate surface area is 124 Å². The van der Waals surface area contributed by atoms with E-state index in [1.807, 2.05) is 11.4 Å². The molecular formula is C13H22N2O3S2. The molecule has 3 atom stereocenters. The molecule has 2 rings (SSSR count). The summed E-state index contributed by atoms with van der Waals surface area (Å²) in [6, 6.07) is 1.87. The fourth-order valence-electron chi connectivity index (χ4n) is 3.00. The van der Waals surface area contributed by atoms with Crippen molar-refractivity contribution in [2.45, 2.75) is 37.0 Å². The Hall–Kier alpha value is -0.630. The molecule has 1 aromatic heterocycles. The first-order valence-electron chi connectivity index (χ1n) is 6.73. The van der Waals surface area contributed by atoms with Crippen LogP contribution in [0.25, 0.3) is 0 Å². The molecule has 20 heavy (non-hydrogen) atoms. The van der Waals surface area contributed by atoms with Gasteiger partial charge in [0.15, 0.2) is 0 Å². The number of hydrogen-bond donors (Lipinski definition) is 2. The highest BCUT2D eigenvalue weighted by Gasteiger charge is 2.34. The summed E-state index contributed by atoms with van der Waals surface area (Å²) in [7, 11) is -1.34. The largest absolute Gasteiger partial charge is 0.496 e. The van der Waals surface area contributed by atoms with Crippen LogP contribution in [0.5, 0.6) is 5.75 Å². The van der Waals surface area contributed by atoms with Crippen molar-refractivity contribution in [3.8, 4) is 5.75 Å². The fraction of sp³-hybridized carbons (Fsp3) is 0.692. The fourth-order valence-corrected chi connectivity index (χ4v) is 5.21. The van der Waals surface area contributed by atoms with Crippen LogP contribution in [0.15, 0.2) is 11.4 Å². The van der Waals surface area contributed by atoms with Gasteiger partial charge in [-0.2, -0.15) is 0 Å². The number of ether oxygens (including phenoxy) is 1. The average molecular weight is 318 g/mol. The Morgan fingerprint density at radius 3 is 2.85 bits per heavy atom. The van der Waals surface area contributed by atoms with Crippen molar-refractivity contribution in [1.29, 1.82) is 0 Å². The SMILES string of the molecule is COc1ccsc1C(NN)C1CCCC(S(C)(=O)=O)C1. The third kappa shape index (κ3) is 3.33. The second kappa shape index (κ2) is 6.43. The number of hydrazine groups is 1. The van der Waals surface area contributed by atoms with Crippen molar-refractivity contribution in [2.24, 2.45) is 11.8 Å². The van der Waals surface area contributed by atoms with Crippen molar-refractivity contribution in [3.63, 3.8) is 0 Å². The Balaban J connectivity index is 2.19. The van der Waals surface area contributed by atoms with Crippen LogP contribution in [-0.4, -0.2) is 27.0 Å². The highest BCUT2D eigenvalue weighted by Crippen LogP contribution is 2.41. The van der Waals surface area contributed by atoms with E-state index in [0.29, 0.717) is 6.42 Å². The molecule has 3 N–H and O–H groups in total. The van der Waals surface area contributed by atoms with E-state index in [4.69, 9.17) is 10.6 Å². The molecular weight excluding hydrogens is 296 g/mol. The zero-order valence-corrected chi connectivity index (χ0v) is 13.5. The Kier molecular flexibility index (Phi) is 5.06. The first kappa shape index (κ1) is 15.8. The van der Waals surface area contributed by atoms with Crippen molar-refractivity contribution in [1.82, 2.24) is 5.43 Å². The van der Waals surface area contributed by atoms with E-state index in [1.54, 1.807) is 18.4 Å². The maximum absolute atomic E-state index is 11.8. The lowest BCUT2D eigenvalue weighted by atomic mass is 9.83. The van der Waals surface area contributed by atoms with Crippen molar-refractivity contribution in [3.05, 3.63) is 16.3 Å². The molecule has 0 bridgehead atoms. The number of nitrogens with two attached hydrogens (primary N) is 1. The topological polar surface area (TPSA) is 81.4 Å². The predicted molar refractivity (Wildman–Crippen MR) is 81.5 cm³/mol. The molecule has 1 heterocycles. The summed E-state index contributed by atoms with van der Waals surface area (Å²) in [5.41, 5.74) is 2.86. The van der Waals surface area contributed by atoms with Crippen molar-refractivity contribution >= 4 is 21.2 Å². The smallest absolute Gasteiger partial charge is 0.150 e. The van der Waals surface area contributed by atoms with Crippen LogP contribution in [0.2, 0.25) is 0 Å². The first-order chi connectivity index (χ1) is 9.47. The van der Waals surface area contributed by atoms with Gasteiger partial charge in [0.25, 0.3) is 0 Å². The van der Waals surface area contributed by atoms with Crippen LogP contribution in [0.1, 0.15) is 36.6 Å². The molecule has 1 aromatic rings. The van der Waals surface area contributed by atoms with Gasteiger partial charge in [0.05, 0.1) is 23.3 Å². The highest BCUT2D eigenvalue weighted by atomic mass is 32.2. The van der Waals surface area contributed by atoms with Gasteiger partial charge in [0, 0.05) is 6.26 Å². The molecule has 0 saturated heterocycles. The minimum atomic E-state index is -2.98. The van der Waals surface area contributed by atoms with Crippen molar-refractivity contribution in [2.75, 3.05) is 13.4 Å². The predicted octanol–water partition coefficient (Wildman–Crippen LogP) is 1.86. The van der Waals surface area contributed by atoms with E-state index < -0.39 is 9.84 Å². The average Bonchev–Trinajstić information content (AvgIpc) is 2.87. The number of thiophene rings is 1. The molecule has 5 nitrogen and oxygen atoms in total. The van der Waals surface area contributed by atoms with Gasteiger partial charge in [-0.15, -0.1) is 11.3 Å². The van der Waals surface area contributed by atoms with Crippen LogP contribution >= 0.6 is 11.3 Å². The number of rotatable bonds is 5. The monoisotopic (exact) mass is 318 g/mol. The maximum Gasteiger partial charge on any atom is 0.150 e. The van der Waals surface area contributed by atoms with Gasteiger partial charge >= 0.3 is 0 Å². The lowest BCUT2D eigenvalue weighted by Gasteiger charge is -2.33. The molecule has 7 heteroatoms. The second-order valence-corrected chi connectivity index (χ2v) is 8.65. The summed E-state index contributed by atoms with van der Waals surface area (Å²) in [4.78, 5) is 1.05. The molecule has 0 spiro atoms. The molecule has 0 aromatic carbocycles. The Morgan fingerprint density at radius 1 is 1.50 bits per heavy atom. The van der Waals surface area contributed by atoms with E-state index in [1.165, 1.54) is 6.26 Å². The number of sulfone groups is 1. The number of methoxy groups -OCH3 is 1. The Morgan fingerprint density at radius 2 is 2.25 bits per heavy atom. The summed E-state index contributed by atoms with van der Waals surface area (Å²) < 4.78 is 28.9. The van der Waals surface area contributed by atoms with Crippen LogP contribution in [0.3, 0.4) is 0 Å².